The summed E-state index contributed by atoms with van der Waals surface area (Å²) in [4.78, 5) is 27.2. The standard InChI is InChI=1S/C15H14ClN3O2/c1-9-7-14(17-8-13(9)18-10(2)20)19-15(21)11-5-3-4-6-12(11)16/h3-8H,1-2H3,(H,18,20)(H,17,19,21). The number of carbonyl (C=O) groups excluding carboxylic acids is 2. The van der Waals surface area contributed by atoms with Crippen molar-refractivity contribution in [2.75, 3.05) is 10.6 Å². The summed E-state index contributed by atoms with van der Waals surface area (Å²) < 4.78 is 0. The van der Waals surface area contributed by atoms with Gasteiger partial charge in [0.1, 0.15) is 5.82 Å². The van der Waals surface area contributed by atoms with E-state index in [0.29, 0.717) is 22.1 Å². The monoisotopic (exact) mass is 303 g/mol. The molecule has 0 bridgehead atoms. The van der Waals surface area contributed by atoms with Crippen LogP contribution in [-0.4, -0.2) is 16.8 Å². The van der Waals surface area contributed by atoms with E-state index in [4.69, 9.17) is 11.6 Å². The zero-order valence-electron chi connectivity index (χ0n) is 11.6. The molecule has 108 valence electrons. The molecular formula is C15H14ClN3O2. The lowest BCUT2D eigenvalue weighted by atomic mass is 10.2. The van der Waals surface area contributed by atoms with Crippen molar-refractivity contribution in [1.82, 2.24) is 4.98 Å². The lowest BCUT2D eigenvalue weighted by Gasteiger charge is -2.09. The molecule has 5 nitrogen and oxygen atoms in total. The Morgan fingerprint density at radius 2 is 1.90 bits per heavy atom. The number of aryl methyl sites for hydroxylation is 1. The highest BCUT2D eigenvalue weighted by Crippen LogP contribution is 2.19. The van der Waals surface area contributed by atoms with Gasteiger partial charge in [-0.2, -0.15) is 0 Å². The van der Waals surface area contributed by atoms with E-state index >= 15 is 0 Å². The van der Waals surface area contributed by atoms with Crippen LogP contribution in [0, 0.1) is 6.92 Å². The van der Waals surface area contributed by atoms with Crippen LogP contribution in [0.1, 0.15) is 22.8 Å². The molecule has 0 spiro atoms. The predicted molar refractivity (Wildman–Crippen MR) is 82.7 cm³/mol. The number of carbonyl (C=O) groups is 2. The summed E-state index contributed by atoms with van der Waals surface area (Å²) in [6, 6.07) is 8.45. The number of hydrogen-bond donors (Lipinski definition) is 2. The molecule has 1 aromatic carbocycles. The van der Waals surface area contributed by atoms with Crippen LogP contribution in [0.5, 0.6) is 0 Å². The quantitative estimate of drug-likeness (QED) is 0.914. The Balaban J connectivity index is 2.17. The number of aromatic nitrogens is 1. The largest absolute Gasteiger partial charge is 0.325 e. The molecule has 0 unspecified atom stereocenters. The molecule has 0 saturated carbocycles. The molecule has 1 heterocycles. The Labute approximate surface area is 127 Å². The summed E-state index contributed by atoms with van der Waals surface area (Å²) >= 11 is 5.97. The van der Waals surface area contributed by atoms with Crippen molar-refractivity contribution in [3.63, 3.8) is 0 Å². The van der Waals surface area contributed by atoms with E-state index in [1.165, 1.54) is 13.1 Å². The lowest BCUT2D eigenvalue weighted by molar-refractivity contribution is -0.114. The van der Waals surface area contributed by atoms with E-state index in [0.717, 1.165) is 5.56 Å². The summed E-state index contributed by atoms with van der Waals surface area (Å²) in [6.45, 7) is 3.24. The van der Waals surface area contributed by atoms with Crippen LogP contribution in [0.15, 0.2) is 36.5 Å². The molecule has 0 aliphatic rings. The molecule has 6 heteroatoms. The molecule has 2 aromatic rings. The molecule has 0 fully saturated rings. The minimum Gasteiger partial charge on any atom is -0.325 e. The molecule has 0 radical (unpaired) electrons. The average Bonchev–Trinajstić information content (AvgIpc) is 2.42. The molecule has 21 heavy (non-hydrogen) atoms. The van der Waals surface area contributed by atoms with E-state index in [9.17, 15) is 9.59 Å². The smallest absolute Gasteiger partial charge is 0.258 e. The van der Waals surface area contributed by atoms with Crippen LogP contribution in [0.3, 0.4) is 0 Å². The average molecular weight is 304 g/mol. The maximum absolute atomic E-state index is 12.1. The fourth-order valence-electron chi connectivity index (χ4n) is 1.77. The Morgan fingerprint density at radius 1 is 1.19 bits per heavy atom. The van der Waals surface area contributed by atoms with Gasteiger partial charge in [0, 0.05) is 6.92 Å². The van der Waals surface area contributed by atoms with Gasteiger partial charge in [-0.15, -0.1) is 0 Å². The molecule has 1 aromatic heterocycles. The fourth-order valence-corrected chi connectivity index (χ4v) is 2.00. The van der Waals surface area contributed by atoms with Crippen LogP contribution in [-0.2, 0) is 4.79 Å². The second-order valence-corrected chi connectivity index (χ2v) is 4.91. The van der Waals surface area contributed by atoms with E-state index < -0.39 is 0 Å². The molecule has 2 rings (SSSR count). The van der Waals surface area contributed by atoms with Crippen molar-refractivity contribution in [1.29, 1.82) is 0 Å². The highest BCUT2D eigenvalue weighted by molar-refractivity contribution is 6.34. The number of hydrogen-bond acceptors (Lipinski definition) is 3. The van der Waals surface area contributed by atoms with Gasteiger partial charge in [0.2, 0.25) is 5.91 Å². The third-order valence-electron chi connectivity index (χ3n) is 2.78. The van der Waals surface area contributed by atoms with Gasteiger partial charge in [-0.25, -0.2) is 4.98 Å². The minimum atomic E-state index is -0.334. The zero-order valence-corrected chi connectivity index (χ0v) is 12.4. The summed E-state index contributed by atoms with van der Waals surface area (Å²) in [5, 5.41) is 5.71. The van der Waals surface area contributed by atoms with Crippen LogP contribution in [0.2, 0.25) is 5.02 Å². The first-order valence-electron chi connectivity index (χ1n) is 6.27. The number of nitrogens with one attached hydrogen (secondary N) is 2. The van der Waals surface area contributed by atoms with Gasteiger partial charge < -0.3 is 10.6 Å². The minimum absolute atomic E-state index is 0.173. The van der Waals surface area contributed by atoms with E-state index in [2.05, 4.69) is 15.6 Å². The van der Waals surface area contributed by atoms with Crippen molar-refractivity contribution in [2.45, 2.75) is 13.8 Å². The van der Waals surface area contributed by atoms with Gasteiger partial charge in [-0.3, -0.25) is 9.59 Å². The number of rotatable bonds is 3. The number of amides is 2. The number of nitrogens with zero attached hydrogens (tertiary/aromatic N) is 1. The van der Waals surface area contributed by atoms with Gasteiger partial charge in [-0.1, -0.05) is 23.7 Å². The molecule has 0 aliphatic heterocycles. The third kappa shape index (κ3) is 3.79. The van der Waals surface area contributed by atoms with Crippen molar-refractivity contribution in [2.24, 2.45) is 0 Å². The predicted octanol–water partition coefficient (Wildman–Crippen LogP) is 3.25. The summed E-state index contributed by atoms with van der Waals surface area (Å²) in [6.07, 6.45) is 1.50. The summed E-state index contributed by atoms with van der Waals surface area (Å²) in [5.41, 5.74) is 1.79. The first-order valence-corrected chi connectivity index (χ1v) is 6.65. The first-order chi connectivity index (χ1) is 9.97. The Morgan fingerprint density at radius 3 is 2.52 bits per heavy atom. The molecule has 2 N–H and O–H groups in total. The van der Waals surface area contributed by atoms with E-state index in [1.807, 2.05) is 6.92 Å². The van der Waals surface area contributed by atoms with E-state index in [-0.39, 0.29) is 11.8 Å². The molecule has 2 amide bonds. The van der Waals surface area contributed by atoms with Crippen LogP contribution < -0.4 is 10.6 Å². The highest BCUT2D eigenvalue weighted by atomic mass is 35.5. The van der Waals surface area contributed by atoms with Crippen LogP contribution >= 0.6 is 11.6 Å². The van der Waals surface area contributed by atoms with Gasteiger partial charge >= 0.3 is 0 Å². The third-order valence-corrected chi connectivity index (χ3v) is 3.11. The summed E-state index contributed by atoms with van der Waals surface area (Å²) in [7, 11) is 0. The van der Waals surface area contributed by atoms with Crippen molar-refractivity contribution < 1.29 is 9.59 Å². The Kier molecular flexibility index (Phi) is 4.55. The maximum atomic E-state index is 12.1. The van der Waals surface area contributed by atoms with Crippen molar-refractivity contribution in [3.8, 4) is 0 Å². The van der Waals surface area contributed by atoms with Crippen LogP contribution in [0.25, 0.3) is 0 Å². The van der Waals surface area contributed by atoms with Gasteiger partial charge in [-0.05, 0) is 30.7 Å². The first kappa shape index (κ1) is 15.0. The molecule has 0 atom stereocenters. The normalized spacial score (nSPS) is 10.0. The maximum Gasteiger partial charge on any atom is 0.258 e. The Hall–Kier alpha value is -2.40. The molecular weight excluding hydrogens is 290 g/mol. The molecule has 0 aliphatic carbocycles. The highest BCUT2D eigenvalue weighted by Gasteiger charge is 2.11. The molecule has 0 saturated heterocycles. The van der Waals surface area contributed by atoms with Gasteiger partial charge in [0.15, 0.2) is 0 Å². The number of anilines is 2. The number of halogens is 1. The topological polar surface area (TPSA) is 71.1 Å². The zero-order chi connectivity index (χ0) is 15.4. The van der Waals surface area contributed by atoms with Crippen LogP contribution in [0.4, 0.5) is 11.5 Å². The number of pyridine rings is 1. The lowest BCUT2D eigenvalue weighted by Crippen LogP contribution is -2.14. The Bertz CT molecular complexity index is 701. The second kappa shape index (κ2) is 6.37. The summed E-state index contributed by atoms with van der Waals surface area (Å²) in [5.74, 6) is -0.112. The van der Waals surface area contributed by atoms with Crippen molar-refractivity contribution >= 4 is 34.9 Å². The van der Waals surface area contributed by atoms with Gasteiger partial charge in [0.25, 0.3) is 5.91 Å². The van der Waals surface area contributed by atoms with Crippen molar-refractivity contribution in [3.05, 3.63) is 52.7 Å². The van der Waals surface area contributed by atoms with Gasteiger partial charge in [0.05, 0.1) is 22.5 Å². The SMILES string of the molecule is CC(=O)Nc1cnc(NC(=O)c2ccccc2Cl)cc1C. The fraction of sp³-hybridized carbons (Fsp3) is 0.133. The van der Waals surface area contributed by atoms with E-state index in [1.54, 1.807) is 30.3 Å². The second-order valence-electron chi connectivity index (χ2n) is 4.50. The number of benzene rings is 1.